The molecule has 16 heavy (non-hydrogen) atoms. The number of para-hydroxylation sites is 1. The summed E-state index contributed by atoms with van der Waals surface area (Å²) in [5, 5.41) is 1.15. The first-order chi connectivity index (χ1) is 7.39. The lowest BCUT2D eigenvalue weighted by atomic mass is 9.91. The smallest absolute Gasteiger partial charge is 0.0848 e. The topological polar surface area (TPSA) is 12.9 Å². The van der Waals surface area contributed by atoms with Gasteiger partial charge in [-0.05, 0) is 44.0 Å². The Bertz CT molecular complexity index is 541. The molecule has 84 valence electrons. The van der Waals surface area contributed by atoms with Gasteiger partial charge in [-0.3, -0.25) is 0 Å². The van der Waals surface area contributed by atoms with Crippen molar-refractivity contribution in [1.29, 1.82) is 0 Å². The average Bonchev–Trinajstić information content (AvgIpc) is 2.15. The van der Waals surface area contributed by atoms with E-state index in [2.05, 4.69) is 64.8 Å². The summed E-state index contributed by atoms with van der Waals surface area (Å²) in [7, 11) is 0. The Labute approximate surface area is 113 Å². The van der Waals surface area contributed by atoms with Crippen LogP contribution in [0.5, 0.6) is 0 Å². The Hall–Kier alpha value is -0.410. The van der Waals surface area contributed by atoms with Gasteiger partial charge in [0.1, 0.15) is 0 Å². The van der Waals surface area contributed by atoms with Crippen LogP contribution in [0.15, 0.2) is 33.2 Å². The molecule has 0 atom stereocenters. The van der Waals surface area contributed by atoms with Gasteiger partial charge in [0, 0.05) is 19.7 Å². The molecule has 1 nitrogen and oxygen atoms in total. The Morgan fingerprint density at radius 3 is 2.38 bits per heavy atom. The SMILES string of the molecule is CC(C)(C)c1nc2c(Br)cccc2cc1Br. The van der Waals surface area contributed by atoms with Gasteiger partial charge in [0.05, 0.1) is 11.2 Å². The van der Waals surface area contributed by atoms with Crippen molar-refractivity contribution in [3.05, 3.63) is 38.9 Å². The van der Waals surface area contributed by atoms with E-state index in [0.29, 0.717) is 0 Å². The molecular weight excluding hydrogens is 330 g/mol. The minimum absolute atomic E-state index is 0.0440. The molecule has 0 saturated heterocycles. The zero-order valence-corrected chi connectivity index (χ0v) is 12.7. The van der Waals surface area contributed by atoms with E-state index in [4.69, 9.17) is 4.98 Å². The molecule has 0 aliphatic heterocycles. The number of nitrogens with zero attached hydrogens (tertiary/aromatic N) is 1. The molecule has 0 unspecified atom stereocenters. The van der Waals surface area contributed by atoms with Gasteiger partial charge in [-0.15, -0.1) is 0 Å². The van der Waals surface area contributed by atoms with Crippen LogP contribution in [0.4, 0.5) is 0 Å². The maximum Gasteiger partial charge on any atom is 0.0848 e. The quantitative estimate of drug-likeness (QED) is 0.652. The van der Waals surface area contributed by atoms with E-state index in [-0.39, 0.29) is 5.41 Å². The molecule has 0 N–H and O–H groups in total. The fourth-order valence-corrected chi connectivity index (χ4v) is 3.06. The van der Waals surface area contributed by atoms with Crippen molar-refractivity contribution in [2.24, 2.45) is 0 Å². The summed E-state index contributed by atoms with van der Waals surface area (Å²) in [6.07, 6.45) is 0. The number of benzene rings is 1. The summed E-state index contributed by atoms with van der Waals surface area (Å²) in [4.78, 5) is 4.75. The lowest BCUT2D eigenvalue weighted by molar-refractivity contribution is 0.568. The predicted molar refractivity (Wildman–Crippen MR) is 75.8 cm³/mol. The second kappa shape index (κ2) is 4.11. The third kappa shape index (κ3) is 2.16. The molecule has 1 aromatic heterocycles. The molecule has 0 amide bonds. The molecule has 0 aliphatic carbocycles. The van der Waals surface area contributed by atoms with E-state index in [1.54, 1.807) is 0 Å². The molecule has 0 aliphatic rings. The van der Waals surface area contributed by atoms with Crippen LogP contribution < -0.4 is 0 Å². The van der Waals surface area contributed by atoms with Gasteiger partial charge in [0.15, 0.2) is 0 Å². The number of hydrogen-bond donors (Lipinski definition) is 0. The minimum atomic E-state index is 0.0440. The van der Waals surface area contributed by atoms with Gasteiger partial charge in [-0.1, -0.05) is 32.9 Å². The summed E-state index contributed by atoms with van der Waals surface area (Å²) < 4.78 is 2.12. The highest BCUT2D eigenvalue weighted by molar-refractivity contribution is 9.11. The fourth-order valence-electron chi connectivity index (χ4n) is 1.66. The van der Waals surface area contributed by atoms with E-state index >= 15 is 0 Å². The lowest BCUT2D eigenvalue weighted by Crippen LogP contribution is -2.14. The first-order valence-electron chi connectivity index (χ1n) is 5.15. The standard InChI is InChI=1S/C13H13Br2N/c1-13(2,3)12-10(15)7-8-5-4-6-9(14)11(8)16-12/h4-7H,1-3H3. The average molecular weight is 343 g/mol. The summed E-state index contributed by atoms with van der Waals surface area (Å²) in [5.74, 6) is 0. The van der Waals surface area contributed by atoms with Crippen LogP contribution in [0.2, 0.25) is 0 Å². The van der Waals surface area contributed by atoms with Crippen LogP contribution in [0.1, 0.15) is 26.5 Å². The maximum absolute atomic E-state index is 4.75. The molecule has 1 aromatic carbocycles. The summed E-state index contributed by atoms with van der Waals surface area (Å²) >= 11 is 7.14. The first kappa shape index (κ1) is 12.1. The maximum atomic E-state index is 4.75. The summed E-state index contributed by atoms with van der Waals surface area (Å²) in [5.41, 5.74) is 2.16. The van der Waals surface area contributed by atoms with E-state index in [1.807, 2.05) is 12.1 Å². The number of hydrogen-bond acceptors (Lipinski definition) is 1. The van der Waals surface area contributed by atoms with Gasteiger partial charge in [0.2, 0.25) is 0 Å². The van der Waals surface area contributed by atoms with Crippen molar-refractivity contribution in [3.8, 4) is 0 Å². The zero-order valence-electron chi connectivity index (χ0n) is 9.51. The highest BCUT2D eigenvalue weighted by Gasteiger charge is 2.19. The molecule has 0 radical (unpaired) electrons. The first-order valence-corrected chi connectivity index (χ1v) is 6.73. The van der Waals surface area contributed by atoms with Crippen molar-refractivity contribution in [2.45, 2.75) is 26.2 Å². The number of pyridine rings is 1. The Kier molecular flexibility index (Phi) is 3.10. The van der Waals surface area contributed by atoms with Crippen molar-refractivity contribution >= 4 is 42.8 Å². The largest absolute Gasteiger partial charge is 0.250 e. The van der Waals surface area contributed by atoms with Gasteiger partial charge >= 0.3 is 0 Å². The zero-order chi connectivity index (χ0) is 11.9. The van der Waals surface area contributed by atoms with Crippen LogP contribution in [-0.4, -0.2) is 4.98 Å². The van der Waals surface area contributed by atoms with Crippen molar-refractivity contribution in [2.75, 3.05) is 0 Å². The number of rotatable bonds is 0. The Balaban J connectivity index is 2.80. The van der Waals surface area contributed by atoms with Crippen LogP contribution >= 0.6 is 31.9 Å². The predicted octanol–water partition coefficient (Wildman–Crippen LogP) is 5.06. The molecule has 1 heterocycles. The molecule has 0 bridgehead atoms. The van der Waals surface area contributed by atoms with Crippen LogP contribution in [0.3, 0.4) is 0 Å². The molecule has 2 aromatic rings. The molecular formula is C13H13Br2N. The lowest BCUT2D eigenvalue weighted by Gasteiger charge is -2.20. The van der Waals surface area contributed by atoms with E-state index in [9.17, 15) is 0 Å². The number of fused-ring (bicyclic) bond motifs is 1. The second-order valence-electron chi connectivity index (χ2n) is 4.88. The summed E-state index contributed by atoms with van der Waals surface area (Å²) in [6, 6.07) is 8.25. The number of halogens is 2. The summed E-state index contributed by atoms with van der Waals surface area (Å²) in [6.45, 7) is 6.51. The second-order valence-corrected chi connectivity index (χ2v) is 6.59. The van der Waals surface area contributed by atoms with Gasteiger partial charge in [-0.25, -0.2) is 4.98 Å². The van der Waals surface area contributed by atoms with Gasteiger partial charge < -0.3 is 0 Å². The van der Waals surface area contributed by atoms with Crippen molar-refractivity contribution < 1.29 is 0 Å². The van der Waals surface area contributed by atoms with Crippen LogP contribution in [-0.2, 0) is 5.41 Å². The van der Waals surface area contributed by atoms with Crippen LogP contribution in [0, 0.1) is 0 Å². The van der Waals surface area contributed by atoms with E-state index < -0.39 is 0 Å². The third-order valence-corrected chi connectivity index (χ3v) is 3.70. The Morgan fingerprint density at radius 2 is 1.75 bits per heavy atom. The highest BCUT2D eigenvalue weighted by atomic mass is 79.9. The highest BCUT2D eigenvalue weighted by Crippen LogP contribution is 2.32. The monoisotopic (exact) mass is 341 g/mol. The molecule has 2 rings (SSSR count). The van der Waals surface area contributed by atoms with E-state index in [1.165, 1.54) is 0 Å². The van der Waals surface area contributed by atoms with Crippen LogP contribution in [0.25, 0.3) is 10.9 Å². The fraction of sp³-hybridized carbons (Fsp3) is 0.308. The van der Waals surface area contributed by atoms with E-state index in [0.717, 1.165) is 25.5 Å². The minimum Gasteiger partial charge on any atom is -0.250 e. The third-order valence-electron chi connectivity index (χ3n) is 2.46. The van der Waals surface area contributed by atoms with Gasteiger partial charge in [0.25, 0.3) is 0 Å². The van der Waals surface area contributed by atoms with Gasteiger partial charge in [-0.2, -0.15) is 0 Å². The number of aromatic nitrogens is 1. The van der Waals surface area contributed by atoms with Crippen molar-refractivity contribution in [1.82, 2.24) is 4.98 Å². The molecule has 3 heteroatoms. The molecule has 0 spiro atoms. The molecule has 0 fully saturated rings. The normalized spacial score (nSPS) is 12.1. The molecule has 0 saturated carbocycles. The van der Waals surface area contributed by atoms with Crippen molar-refractivity contribution in [3.63, 3.8) is 0 Å². The Morgan fingerprint density at radius 1 is 1.06 bits per heavy atom.